The topological polar surface area (TPSA) is 54.4 Å². The molecule has 0 spiro atoms. The van der Waals surface area contributed by atoms with Gasteiger partial charge >= 0.3 is 0 Å². The van der Waals surface area contributed by atoms with E-state index in [1.165, 1.54) is 0 Å². The summed E-state index contributed by atoms with van der Waals surface area (Å²) in [6, 6.07) is 7.44. The van der Waals surface area contributed by atoms with Crippen molar-refractivity contribution in [2.75, 3.05) is 0 Å². The molecule has 0 amide bonds. The second-order valence-corrected chi connectivity index (χ2v) is 4.35. The van der Waals surface area contributed by atoms with E-state index in [0.717, 1.165) is 17.4 Å². The quantitative estimate of drug-likeness (QED) is 0.811. The zero-order valence-electron chi connectivity index (χ0n) is 9.64. The van der Waals surface area contributed by atoms with Crippen molar-refractivity contribution in [3.63, 3.8) is 0 Å². The van der Waals surface area contributed by atoms with Crippen LogP contribution in [0.25, 0.3) is 5.57 Å². The first-order valence-electron chi connectivity index (χ1n) is 5.60. The Kier molecular flexibility index (Phi) is 3.09. The number of rotatable bonds is 3. The molecular formula is C14H14O3. The molecule has 0 aliphatic heterocycles. The number of carbonyl (C=O) groups excluding carboxylic acids is 2. The Morgan fingerprint density at radius 2 is 2.00 bits per heavy atom. The van der Waals surface area contributed by atoms with E-state index in [1.54, 1.807) is 0 Å². The summed E-state index contributed by atoms with van der Waals surface area (Å²) in [5.41, 5.74) is 2.20. The normalized spacial score (nSPS) is 19.8. The van der Waals surface area contributed by atoms with Gasteiger partial charge in [-0.2, -0.15) is 0 Å². The molecule has 0 aromatic heterocycles. The fourth-order valence-corrected chi connectivity index (χ4v) is 2.11. The highest BCUT2D eigenvalue weighted by atomic mass is 16.3. The molecule has 1 aromatic rings. The van der Waals surface area contributed by atoms with Crippen LogP contribution in [0, 0.1) is 12.8 Å². The first-order chi connectivity index (χ1) is 8.13. The molecule has 0 bridgehead atoms. The minimum atomic E-state index is -0.337. The molecule has 0 heterocycles. The zero-order chi connectivity index (χ0) is 12.4. The van der Waals surface area contributed by atoms with Crippen LogP contribution in [0.15, 0.2) is 30.0 Å². The lowest BCUT2D eigenvalue weighted by Gasteiger charge is -2.05. The number of carbonyl (C=O) groups is 2. The van der Waals surface area contributed by atoms with Crippen molar-refractivity contribution < 1.29 is 14.7 Å². The molecule has 3 heteroatoms. The first kappa shape index (κ1) is 11.6. The van der Waals surface area contributed by atoms with Gasteiger partial charge < -0.3 is 9.90 Å². The lowest BCUT2D eigenvalue weighted by molar-refractivity contribution is -0.113. The predicted octanol–water partition coefficient (Wildman–Crippen LogP) is 2.44. The maximum absolute atomic E-state index is 11.8. The standard InChI is InChI=1S/C14H14O3/c1-9-2-4-10(5-3-9)13-12(16)8-11(6-7-15)14(13)17/h2-5,7,11,17H,6,8H2,1H3. The van der Waals surface area contributed by atoms with Crippen molar-refractivity contribution >= 4 is 17.6 Å². The van der Waals surface area contributed by atoms with Gasteiger partial charge in [-0.1, -0.05) is 29.8 Å². The van der Waals surface area contributed by atoms with Crippen LogP contribution in [0.1, 0.15) is 24.0 Å². The Labute approximate surface area is 99.8 Å². The number of ketones is 1. The van der Waals surface area contributed by atoms with Crippen LogP contribution in [-0.4, -0.2) is 17.2 Å². The van der Waals surface area contributed by atoms with Crippen LogP contribution in [0.4, 0.5) is 0 Å². The lowest BCUT2D eigenvalue weighted by Crippen LogP contribution is -2.00. The minimum Gasteiger partial charge on any atom is -0.511 e. The van der Waals surface area contributed by atoms with Gasteiger partial charge in [0.2, 0.25) is 0 Å². The third kappa shape index (κ3) is 2.13. The number of Topliss-reactive ketones (excluding diaryl/α,β-unsaturated/α-hetero) is 1. The first-order valence-corrected chi connectivity index (χ1v) is 5.60. The zero-order valence-corrected chi connectivity index (χ0v) is 9.64. The van der Waals surface area contributed by atoms with Gasteiger partial charge in [-0.05, 0) is 12.5 Å². The molecule has 1 aliphatic carbocycles. The number of aliphatic hydroxyl groups is 1. The largest absolute Gasteiger partial charge is 0.511 e. The fraction of sp³-hybridized carbons (Fsp3) is 0.286. The number of hydrogen-bond acceptors (Lipinski definition) is 3. The number of aliphatic hydroxyl groups excluding tert-OH is 1. The molecule has 3 nitrogen and oxygen atoms in total. The van der Waals surface area contributed by atoms with E-state index in [2.05, 4.69) is 0 Å². The average Bonchev–Trinajstić information content (AvgIpc) is 2.57. The summed E-state index contributed by atoms with van der Waals surface area (Å²) in [7, 11) is 0. The summed E-state index contributed by atoms with van der Waals surface area (Å²) in [5.74, 6) is -0.361. The fourth-order valence-electron chi connectivity index (χ4n) is 2.11. The maximum atomic E-state index is 11.8. The third-order valence-corrected chi connectivity index (χ3v) is 3.07. The molecule has 0 saturated carbocycles. The van der Waals surface area contributed by atoms with Crippen molar-refractivity contribution in [2.45, 2.75) is 19.8 Å². The average molecular weight is 230 g/mol. The number of aryl methyl sites for hydroxylation is 1. The summed E-state index contributed by atoms with van der Waals surface area (Å²) in [6.45, 7) is 1.96. The number of hydrogen-bond donors (Lipinski definition) is 1. The van der Waals surface area contributed by atoms with Crippen molar-refractivity contribution in [1.29, 1.82) is 0 Å². The Hall–Kier alpha value is -1.90. The van der Waals surface area contributed by atoms with Crippen LogP contribution >= 0.6 is 0 Å². The van der Waals surface area contributed by atoms with Gasteiger partial charge in [0.1, 0.15) is 12.0 Å². The van der Waals surface area contributed by atoms with E-state index in [9.17, 15) is 14.7 Å². The molecule has 2 rings (SSSR count). The molecule has 0 saturated heterocycles. The lowest BCUT2D eigenvalue weighted by atomic mass is 10.0. The van der Waals surface area contributed by atoms with E-state index in [0.29, 0.717) is 5.57 Å². The van der Waals surface area contributed by atoms with E-state index in [-0.39, 0.29) is 30.3 Å². The van der Waals surface area contributed by atoms with Crippen molar-refractivity contribution in [1.82, 2.24) is 0 Å². The highest BCUT2D eigenvalue weighted by Crippen LogP contribution is 2.35. The van der Waals surface area contributed by atoms with Crippen LogP contribution in [0.3, 0.4) is 0 Å². The Balaban J connectivity index is 2.39. The molecule has 1 unspecified atom stereocenters. The van der Waals surface area contributed by atoms with Crippen molar-refractivity contribution in [3.05, 3.63) is 41.2 Å². The highest BCUT2D eigenvalue weighted by Gasteiger charge is 2.32. The van der Waals surface area contributed by atoms with E-state index in [1.807, 2.05) is 31.2 Å². The van der Waals surface area contributed by atoms with Crippen LogP contribution in [0.5, 0.6) is 0 Å². The second-order valence-electron chi connectivity index (χ2n) is 4.35. The van der Waals surface area contributed by atoms with E-state index in [4.69, 9.17) is 0 Å². The number of aldehydes is 1. The summed E-state index contributed by atoms with van der Waals surface area (Å²) in [4.78, 5) is 22.3. The predicted molar refractivity (Wildman–Crippen MR) is 64.5 cm³/mol. The molecule has 1 N–H and O–H groups in total. The molecule has 1 atom stereocenters. The van der Waals surface area contributed by atoms with Gasteiger partial charge in [-0.3, -0.25) is 4.79 Å². The van der Waals surface area contributed by atoms with Gasteiger partial charge in [-0.15, -0.1) is 0 Å². The molecular weight excluding hydrogens is 216 g/mol. The summed E-state index contributed by atoms with van der Waals surface area (Å²) >= 11 is 0. The van der Waals surface area contributed by atoms with Gasteiger partial charge in [-0.25, -0.2) is 0 Å². The van der Waals surface area contributed by atoms with Gasteiger partial charge in [0.05, 0.1) is 5.57 Å². The molecule has 1 aromatic carbocycles. The molecule has 88 valence electrons. The van der Waals surface area contributed by atoms with Crippen molar-refractivity contribution in [3.8, 4) is 0 Å². The van der Waals surface area contributed by atoms with Gasteiger partial charge in [0, 0.05) is 18.8 Å². The van der Waals surface area contributed by atoms with Gasteiger partial charge in [0.25, 0.3) is 0 Å². The molecule has 0 fully saturated rings. The summed E-state index contributed by atoms with van der Waals surface area (Å²) in [6.07, 6.45) is 1.17. The van der Waals surface area contributed by atoms with Gasteiger partial charge in [0.15, 0.2) is 5.78 Å². The smallest absolute Gasteiger partial charge is 0.167 e. The third-order valence-electron chi connectivity index (χ3n) is 3.07. The second kappa shape index (κ2) is 4.53. The minimum absolute atomic E-state index is 0.0611. The highest BCUT2D eigenvalue weighted by molar-refractivity contribution is 6.23. The monoisotopic (exact) mass is 230 g/mol. The Morgan fingerprint density at radius 3 is 2.59 bits per heavy atom. The maximum Gasteiger partial charge on any atom is 0.167 e. The Bertz CT molecular complexity index is 483. The SMILES string of the molecule is Cc1ccc(C2=C(O)C(CC=O)CC2=O)cc1. The molecule has 17 heavy (non-hydrogen) atoms. The van der Waals surface area contributed by atoms with Crippen molar-refractivity contribution in [2.24, 2.45) is 5.92 Å². The summed E-state index contributed by atoms with van der Waals surface area (Å²) in [5, 5.41) is 9.97. The molecule has 0 radical (unpaired) electrons. The van der Waals surface area contributed by atoms with Crippen LogP contribution in [-0.2, 0) is 9.59 Å². The Morgan fingerprint density at radius 1 is 1.35 bits per heavy atom. The van der Waals surface area contributed by atoms with Crippen LogP contribution in [0.2, 0.25) is 0 Å². The van der Waals surface area contributed by atoms with E-state index < -0.39 is 0 Å². The molecule has 1 aliphatic rings. The van der Waals surface area contributed by atoms with E-state index >= 15 is 0 Å². The van der Waals surface area contributed by atoms with Crippen LogP contribution < -0.4 is 0 Å². The number of allylic oxidation sites excluding steroid dienone is 2. The number of benzene rings is 1. The summed E-state index contributed by atoms with van der Waals surface area (Å²) < 4.78 is 0.